The minimum absolute atomic E-state index is 0.341. The predicted molar refractivity (Wildman–Crippen MR) is 80.7 cm³/mol. The molecule has 0 bridgehead atoms. The van der Waals surface area contributed by atoms with Gasteiger partial charge in [-0.25, -0.2) is 9.78 Å². The van der Waals surface area contributed by atoms with Crippen molar-refractivity contribution in [1.29, 1.82) is 0 Å². The van der Waals surface area contributed by atoms with Crippen molar-refractivity contribution in [1.82, 2.24) is 25.7 Å². The van der Waals surface area contributed by atoms with Crippen molar-refractivity contribution in [3.05, 3.63) is 36.3 Å². The largest absolute Gasteiger partial charge is 0.469 e. The summed E-state index contributed by atoms with van der Waals surface area (Å²) < 4.78 is 10.4. The normalized spacial score (nSPS) is 10.7. The van der Waals surface area contributed by atoms with Crippen LogP contribution in [-0.2, 0) is 6.42 Å². The summed E-state index contributed by atoms with van der Waals surface area (Å²) in [4.78, 5) is 15.8. The van der Waals surface area contributed by atoms with Crippen LogP contribution >= 0.6 is 0 Å². The molecule has 0 radical (unpaired) electrons. The van der Waals surface area contributed by atoms with Gasteiger partial charge >= 0.3 is 6.03 Å². The van der Waals surface area contributed by atoms with Crippen LogP contribution in [-0.4, -0.2) is 32.9 Å². The lowest BCUT2D eigenvalue weighted by Crippen LogP contribution is -2.29. The molecule has 0 saturated heterocycles. The molecule has 3 aromatic rings. The maximum atomic E-state index is 11.8. The standard InChI is InChI=1S/C14H16N6O3/c1-9-10(4-6-22-9)11-7-13(20-23-11)18-14(21)15-5-2-3-12-16-8-17-19-12/h4,6-8H,2-3,5H2,1H3,(H,16,17,19)(H2,15,18,20,21). The first kappa shape index (κ1) is 14.8. The summed E-state index contributed by atoms with van der Waals surface area (Å²) in [5.41, 5.74) is 0.804. The molecule has 3 heterocycles. The number of amides is 2. The van der Waals surface area contributed by atoms with Crippen LogP contribution in [0.15, 0.2) is 33.7 Å². The minimum atomic E-state index is -0.341. The number of furan rings is 1. The number of carbonyl (C=O) groups excluding carboxylic acids is 1. The zero-order valence-corrected chi connectivity index (χ0v) is 12.5. The molecule has 0 atom stereocenters. The molecule has 2 amide bonds. The second-order valence-corrected chi connectivity index (χ2v) is 4.88. The van der Waals surface area contributed by atoms with Crippen LogP contribution in [0.1, 0.15) is 18.0 Å². The molecule has 0 fully saturated rings. The second kappa shape index (κ2) is 6.77. The van der Waals surface area contributed by atoms with Crippen molar-refractivity contribution in [2.45, 2.75) is 19.8 Å². The van der Waals surface area contributed by atoms with E-state index in [4.69, 9.17) is 8.94 Å². The highest BCUT2D eigenvalue weighted by molar-refractivity contribution is 5.88. The maximum absolute atomic E-state index is 11.8. The van der Waals surface area contributed by atoms with Gasteiger partial charge in [0.05, 0.1) is 11.8 Å². The molecule has 9 heteroatoms. The van der Waals surface area contributed by atoms with E-state index in [1.54, 1.807) is 18.4 Å². The number of carbonyl (C=O) groups is 1. The zero-order chi connectivity index (χ0) is 16.1. The Morgan fingerprint density at radius 1 is 1.43 bits per heavy atom. The Morgan fingerprint density at radius 2 is 2.35 bits per heavy atom. The number of aryl methyl sites for hydroxylation is 2. The number of hydrogen-bond donors (Lipinski definition) is 3. The molecule has 0 spiro atoms. The molecule has 3 aromatic heterocycles. The molecular weight excluding hydrogens is 300 g/mol. The number of rotatable bonds is 6. The van der Waals surface area contributed by atoms with E-state index in [1.165, 1.54) is 6.33 Å². The number of hydrogen-bond acceptors (Lipinski definition) is 6. The fourth-order valence-corrected chi connectivity index (χ4v) is 2.07. The summed E-state index contributed by atoms with van der Waals surface area (Å²) in [6.45, 7) is 2.34. The molecule has 0 aliphatic carbocycles. The molecular formula is C14H16N6O3. The Labute approximate surface area is 131 Å². The number of anilines is 1. The van der Waals surface area contributed by atoms with Gasteiger partial charge in [-0.3, -0.25) is 10.4 Å². The van der Waals surface area contributed by atoms with Crippen LogP contribution < -0.4 is 10.6 Å². The number of H-pyrrole nitrogens is 1. The molecule has 23 heavy (non-hydrogen) atoms. The fraction of sp³-hybridized carbons (Fsp3) is 0.286. The van der Waals surface area contributed by atoms with E-state index >= 15 is 0 Å². The summed E-state index contributed by atoms with van der Waals surface area (Å²) in [5.74, 6) is 2.40. The third kappa shape index (κ3) is 3.76. The van der Waals surface area contributed by atoms with Gasteiger partial charge in [-0.05, 0) is 19.4 Å². The number of aromatic amines is 1. The first-order chi connectivity index (χ1) is 11.2. The Bertz CT molecular complexity index is 761. The van der Waals surface area contributed by atoms with Gasteiger partial charge in [0.1, 0.15) is 17.9 Å². The molecule has 120 valence electrons. The quantitative estimate of drug-likeness (QED) is 0.599. The van der Waals surface area contributed by atoms with Gasteiger partial charge in [0.25, 0.3) is 0 Å². The van der Waals surface area contributed by atoms with Crippen LogP contribution in [0, 0.1) is 6.92 Å². The van der Waals surface area contributed by atoms with Gasteiger partial charge in [0.2, 0.25) is 0 Å². The molecule has 0 aliphatic rings. The summed E-state index contributed by atoms with van der Waals surface area (Å²) in [5, 5.41) is 15.7. The Balaban J connectivity index is 1.45. The van der Waals surface area contributed by atoms with Crippen LogP contribution in [0.4, 0.5) is 10.6 Å². The zero-order valence-electron chi connectivity index (χ0n) is 12.5. The summed E-state index contributed by atoms with van der Waals surface area (Å²) in [6.07, 6.45) is 4.50. The van der Waals surface area contributed by atoms with Gasteiger partial charge in [0.15, 0.2) is 11.6 Å². The number of urea groups is 1. The lowest BCUT2D eigenvalue weighted by Gasteiger charge is -2.03. The van der Waals surface area contributed by atoms with E-state index in [1.807, 2.05) is 6.92 Å². The second-order valence-electron chi connectivity index (χ2n) is 4.88. The minimum Gasteiger partial charge on any atom is -0.469 e. The molecule has 0 saturated carbocycles. The van der Waals surface area contributed by atoms with Crippen LogP contribution in [0.25, 0.3) is 11.3 Å². The summed E-state index contributed by atoms with van der Waals surface area (Å²) >= 11 is 0. The smallest absolute Gasteiger partial charge is 0.320 e. The molecule has 0 aromatic carbocycles. The Hall–Kier alpha value is -3.10. The highest BCUT2D eigenvalue weighted by Gasteiger charge is 2.12. The van der Waals surface area contributed by atoms with E-state index in [-0.39, 0.29) is 6.03 Å². The molecule has 9 nitrogen and oxygen atoms in total. The van der Waals surface area contributed by atoms with Crippen molar-refractivity contribution in [2.24, 2.45) is 0 Å². The third-order valence-electron chi connectivity index (χ3n) is 3.22. The predicted octanol–water partition coefficient (Wildman–Crippen LogP) is 2.12. The highest BCUT2D eigenvalue weighted by atomic mass is 16.5. The molecule has 3 rings (SSSR count). The lowest BCUT2D eigenvalue weighted by atomic mass is 10.2. The van der Waals surface area contributed by atoms with E-state index in [9.17, 15) is 4.79 Å². The molecule has 3 N–H and O–H groups in total. The summed E-state index contributed by atoms with van der Waals surface area (Å²) in [7, 11) is 0. The van der Waals surface area contributed by atoms with Gasteiger partial charge in [-0.1, -0.05) is 5.16 Å². The first-order valence-corrected chi connectivity index (χ1v) is 7.12. The van der Waals surface area contributed by atoms with E-state index < -0.39 is 0 Å². The van der Waals surface area contributed by atoms with Crippen LogP contribution in [0.3, 0.4) is 0 Å². The maximum Gasteiger partial charge on any atom is 0.320 e. The Morgan fingerprint density at radius 3 is 3.09 bits per heavy atom. The summed E-state index contributed by atoms with van der Waals surface area (Å²) in [6, 6.07) is 3.08. The molecule has 0 unspecified atom stereocenters. The molecule has 0 aliphatic heterocycles. The van der Waals surface area contributed by atoms with Gasteiger partial charge in [0, 0.05) is 19.0 Å². The van der Waals surface area contributed by atoms with Crippen molar-refractivity contribution in [3.8, 4) is 11.3 Å². The van der Waals surface area contributed by atoms with Crippen LogP contribution in [0.2, 0.25) is 0 Å². The fourth-order valence-electron chi connectivity index (χ4n) is 2.07. The number of aromatic nitrogens is 4. The van der Waals surface area contributed by atoms with E-state index in [2.05, 4.69) is 31.0 Å². The van der Waals surface area contributed by atoms with Crippen molar-refractivity contribution < 1.29 is 13.7 Å². The van der Waals surface area contributed by atoms with Crippen molar-refractivity contribution in [3.63, 3.8) is 0 Å². The van der Waals surface area contributed by atoms with Gasteiger partial charge in [-0.15, -0.1) is 0 Å². The van der Waals surface area contributed by atoms with Crippen molar-refractivity contribution >= 4 is 11.8 Å². The van der Waals surface area contributed by atoms with Gasteiger partial charge < -0.3 is 14.3 Å². The van der Waals surface area contributed by atoms with E-state index in [0.717, 1.165) is 23.6 Å². The third-order valence-corrected chi connectivity index (χ3v) is 3.22. The monoisotopic (exact) mass is 316 g/mol. The average molecular weight is 316 g/mol. The Kier molecular flexibility index (Phi) is 4.37. The van der Waals surface area contributed by atoms with Gasteiger partial charge in [-0.2, -0.15) is 5.10 Å². The van der Waals surface area contributed by atoms with E-state index in [0.29, 0.717) is 24.5 Å². The number of nitrogens with zero attached hydrogens (tertiary/aromatic N) is 3. The SMILES string of the molecule is Cc1occc1-c1cc(NC(=O)NCCCc2ncn[nH]2)no1. The first-order valence-electron chi connectivity index (χ1n) is 7.12. The average Bonchev–Trinajstić information content (AvgIpc) is 3.25. The van der Waals surface area contributed by atoms with Crippen molar-refractivity contribution in [2.75, 3.05) is 11.9 Å². The van der Waals surface area contributed by atoms with Crippen LogP contribution in [0.5, 0.6) is 0 Å². The number of nitrogens with one attached hydrogen (secondary N) is 3. The topological polar surface area (TPSA) is 122 Å². The highest BCUT2D eigenvalue weighted by Crippen LogP contribution is 2.26. The lowest BCUT2D eigenvalue weighted by molar-refractivity contribution is 0.251.